The fraction of sp³-hybridized carbons (Fsp3) is 0.111. The largest absolute Gasteiger partial charge is 0.474 e. The fourth-order valence-corrected chi connectivity index (χ4v) is 1.73. The van der Waals surface area contributed by atoms with E-state index < -0.39 is 37.1 Å². The molecule has 2 N–H and O–H groups in total. The number of ether oxygens (including phenoxy) is 1. The molecular weight excluding hydrogens is 267 g/mol. The van der Waals surface area contributed by atoms with E-state index in [0.29, 0.717) is 12.1 Å². The Kier molecular flexibility index (Phi) is 3.85. The topological polar surface area (TPSA) is 113 Å². The van der Waals surface area contributed by atoms with E-state index in [1.807, 2.05) is 5.92 Å². The summed E-state index contributed by atoms with van der Waals surface area (Å²) in [5, 5.41) is 15.4. The molecule has 0 aliphatic rings. The van der Waals surface area contributed by atoms with Crippen LogP contribution in [-0.2, 0) is 10.0 Å². The molecule has 0 unspecified atom stereocenters. The molecule has 0 bridgehead atoms. The van der Waals surface area contributed by atoms with Gasteiger partial charge in [0.2, 0.25) is 15.8 Å². The second kappa shape index (κ2) is 4.99. The normalized spacial score (nSPS) is 10.7. The van der Waals surface area contributed by atoms with E-state index in [9.17, 15) is 22.9 Å². The molecule has 0 radical (unpaired) electrons. The summed E-state index contributed by atoms with van der Waals surface area (Å²) in [6.45, 7) is -0.324. The number of primary sulfonamides is 1. The van der Waals surface area contributed by atoms with E-state index in [4.69, 9.17) is 16.3 Å². The minimum atomic E-state index is -4.40. The minimum absolute atomic E-state index is 0.324. The van der Waals surface area contributed by atoms with Crippen molar-refractivity contribution < 1.29 is 22.5 Å². The molecule has 0 fully saturated rings. The zero-order chi connectivity index (χ0) is 13.9. The molecule has 0 aliphatic carbocycles. The lowest BCUT2D eigenvalue weighted by Crippen LogP contribution is -2.15. The number of nitro benzene ring substituents is 1. The van der Waals surface area contributed by atoms with Gasteiger partial charge in [-0.1, -0.05) is 5.92 Å². The highest BCUT2D eigenvalue weighted by Crippen LogP contribution is 2.31. The van der Waals surface area contributed by atoms with Crippen LogP contribution in [0.2, 0.25) is 0 Å². The van der Waals surface area contributed by atoms with Gasteiger partial charge in [0.25, 0.3) is 0 Å². The zero-order valence-corrected chi connectivity index (χ0v) is 9.61. The van der Waals surface area contributed by atoms with Crippen LogP contribution in [0.3, 0.4) is 0 Å². The smallest absolute Gasteiger partial charge is 0.312 e. The highest BCUT2D eigenvalue weighted by Gasteiger charge is 2.24. The minimum Gasteiger partial charge on any atom is -0.474 e. The van der Waals surface area contributed by atoms with Crippen LogP contribution in [0.25, 0.3) is 0 Å². The quantitative estimate of drug-likeness (QED) is 0.485. The number of sulfonamides is 1. The number of benzene rings is 1. The summed E-state index contributed by atoms with van der Waals surface area (Å²) < 4.78 is 40.1. The number of halogens is 1. The van der Waals surface area contributed by atoms with E-state index in [0.717, 1.165) is 0 Å². The summed E-state index contributed by atoms with van der Waals surface area (Å²) in [4.78, 5) is 8.78. The fourth-order valence-electron chi connectivity index (χ4n) is 1.12. The van der Waals surface area contributed by atoms with Crippen molar-refractivity contribution in [2.75, 3.05) is 6.61 Å². The molecule has 1 aromatic carbocycles. The van der Waals surface area contributed by atoms with Gasteiger partial charge in [-0.05, 0) is 0 Å². The lowest BCUT2D eigenvalue weighted by Gasteiger charge is -2.06. The van der Waals surface area contributed by atoms with Crippen LogP contribution in [0, 0.1) is 28.3 Å². The van der Waals surface area contributed by atoms with Crippen molar-refractivity contribution in [1.29, 1.82) is 0 Å². The number of hydrogen-bond donors (Lipinski definition) is 1. The predicted molar refractivity (Wildman–Crippen MR) is 58.8 cm³/mol. The Hall–Kier alpha value is -2.18. The Morgan fingerprint density at radius 2 is 2.17 bits per heavy atom. The van der Waals surface area contributed by atoms with Crippen molar-refractivity contribution >= 4 is 15.7 Å². The van der Waals surface area contributed by atoms with Crippen LogP contribution in [0.1, 0.15) is 0 Å². The molecule has 18 heavy (non-hydrogen) atoms. The highest BCUT2D eigenvalue weighted by molar-refractivity contribution is 7.89. The molecule has 0 amide bonds. The van der Waals surface area contributed by atoms with Crippen LogP contribution in [0.4, 0.5) is 10.1 Å². The molecule has 0 heterocycles. The summed E-state index contributed by atoms with van der Waals surface area (Å²) in [5.74, 6) is 0.312. The third-order valence-electron chi connectivity index (χ3n) is 1.83. The van der Waals surface area contributed by atoms with Crippen molar-refractivity contribution in [3.63, 3.8) is 0 Å². The second-order valence-electron chi connectivity index (χ2n) is 3.05. The summed E-state index contributed by atoms with van der Waals surface area (Å²) >= 11 is 0. The first-order chi connectivity index (χ1) is 8.27. The van der Waals surface area contributed by atoms with Gasteiger partial charge < -0.3 is 4.74 Å². The predicted octanol–water partition coefficient (Wildman–Crippen LogP) is 0.393. The average Bonchev–Trinajstić information content (AvgIpc) is 2.23. The average molecular weight is 274 g/mol. The lowest BCUT2D eigenvalue weighted by molar-refractivity contribution is -0.386. The summed E-state index contributed by atoms with van der Waals surface area (Å²) in [6, 6.07) is 1.03. The molecule has 0 atom stereocenters. The second-order valence-corrected chi connectivity index (χ2v) is 4.58. The Bertz CT molecular complexity index is 635. The van der Waals surface area contributed by atoms with Crippen molar-refractivity contribution in [3.05, 3.63) is 28.1 Å². The van der Waals surface area contributed by atoms with E-state index in [1.54, 1.807) is 0 Å². The van der Waals surface area contributed by atoms with E-state index in [-0.39, 0.29) is 6.61 Å². The number of nitrogens with two attached hydrogens (primary N) is 1. The maximum absolute atomic E-state index is 13.4. The Morgan fingerprint density at radius 3 is 2.61 bits per heavy atom. The van der Waals surface area contributed by atoms with E-state index >= 15 is 0 Å². The molecule has 9 heteroatoms. The summed E-state index contributed by atoms with van der Waals surface area (Å²) in [7, 11) is -4.40. The number of hydrogen-bond acceptors (Lipinski definition) is 5. The van der Waals surface area contributed by atoms with Crippen molar-refractivity contribution in [3.8, 4) is 18.1 Å². The van der Waals surface area contributed by atoms with Gasteiger partial charge in [0.1, 0.15) is 17.3 Å². The number of rotatable bonds is 4. The lowest BCUT2D eigenvalue weighted by atomic mass is 10.3. The Balaban J connectivity index is 3.45. The number of terminal acetylenes is 1. The zero-order valence-electron chi connectivity index (χ0n) is 8.79. The molecule has 96 valence electrons. The maximum Gasteiger partial charge on any atom is 0.312 e. The highest BCUT2D eigenvalue weighted by atomic mass is 32.2. The van der Waals surface area contributed by atoms with E-state index in [1.165, 1.54) is 0 Å². The standard InChI is InChI=1S/C9H7FN2O5S/c1-2-3-17-8-4-6(10)9(18(11,15)16)5-7(8)12(13)14/h1,4-5H,3H2,(H2,11,15,16). The maximum atomic E-state index is 13.4. The molecule has 0 saturated carbocycles. The van der Waals surface area contributed by atoms with E-state index in [2.05, 4.69) is 0 Å². The Morgan fingerprint density at radius 1 is 1.56 bits per heavy atom. The Labute approximate surface area is 102 Å². The number of nitrogens with zero attached hydrogens (tertiary/aromatic N) is 1. The van der Waals surface area contributed by atoms with Crippen LogP contribution < -0.4 is 9.88 Å². The third-order valence-corrected chi connectivity index (χ3v) is 2.75. The SMILES string of the molecule is C#CCOc1cc(F)c(S(N)(=O)=O)cc1[N+](=O)[O-]. The molecule has 7 nitrogen and oxygen atoms in total. The van der Waals surface area contributed by atoms with Gasteiger partial charge in [-0.25, -0.2) is 17.9 Å². The molecule has 0 aromatic heterocycles. The molecule has 0 aliphatic heterocycles. The molecule has 0 saturated heterocycles. The van der Waals surface area contributed by atoms with Gasteiger partial charge in [0, 0.05) is 12.1 Å². The van der Waals surface area contributed by atoms with Gasteiger partial charge in [0.05, 0.1) is 4.92 Å². The molecular formula is C9H7FN2O5S. The van der Waals surface area contributed by atoms with Gasteiger partial charge in [-0.2, -0.15) is 0 Å². The molecule has 1 aromatic rings. The van der Waals surface area contributed by atoms with Crippen LogP contribution in [-0.4, -0.2) is 19.9 Å². The molecule has 1 rings (SSSR count). The monoisotopic (exact) mass is 274 g/mol. The first-order valence-electron chi connectivity index (χ1n) is 4.34. The first kappa shape index (κ1) is 13.9. The third kappa shape index (κ3) is 2.93. The van der Waals surface area contributed by atoms with Crippen LogP contribution in [0.15, 0.2) is 17.0 Å². The first-order valence-corrected chi connectivity index (χ1v) is 5.89. The van der Waals surface area contributed by atoms with Gasteiger partial charge in [-0.3, -0.25) is 10.1 Å². The van der Waals surface area contributed by atoms with Crippen molar-refractivity contribution in [2.24, 2.45) is 5.14 Å². The van der Waals surface area contributed by atoms with Crippen LogP contribution >= 0.6 is 0 Å². The van der Waals surface area contributed by atoms with Gasteiger partial charge in [-0.15, -0.1) is 6.42 Å². The van der Waals surface area contributed by atoms with Crippen molar-refractivity contribution in [2.45, 2.75) is 4.90 Å². The van der Waals surface area contributed by atoms with Gasteiger partial charge >= 0.3 is 5.69 Å². The summed E-state index contributed by atoms with van der Waals surface area (Å²) in [5.41, 5.74) is -0.740. The summed E-state index contributed by atoms with van der Waals surface area (Å²) in [6.07, 6.45) is 4.89. The van der Waals surface area contributed by atoms with Crippen LogP contribution in [0.5, 0.6) is 5.75 Å². The number of nitro groups is 1. The van der Waals surface area contributed by atoms with Crippen molar-refractivity contribution in [1.82, 2.24) is 0 Å². The van der Waals surface area contributed by atoms with Gasteiger partial charge in [0.15, 0.2) is 0 Å². The molecule has 0 spiro atoms.